The molecule has 9 nitrogen and oxygen atoms in total. The summed E-state index contributed by atoms with van der Waals surface area (Å²) in [6.45, 7) is 1.87. The van der Waals surface area contributed by atoms with Gasteiger partial charge >= 0.3 is 0 Å². The van der Waals surface area contributed by atoms with Crippen molar-refractivity contribution >= 4 is 34.0 Å². The normalized spacial score (nSPS) is 23.2. The third kappa shape index (κ3) is 4.23. The topological polar surface area (TPSA) is 127 Å². The van der Waals surface area contributed by atoms with Crippen molar-refractivity contribution in [2.24, 2.45) is 11.7 Å². The number of hydrogen-bond acceptors (Lipinski definition) is 6. The van der Waals surface area contributed by atoms with E-state index in [0.29, 0.717) is 32.5 Å². The molecule has 1 amide bonds. The maximum atomic E-state index is 13.0. The van der Waals surface area contributed by atoms with Crippen molar-refractivity contribution in [3.63, 3.8) is 0 Å². The van der Waals surface area contributed by atoms with Crippen LogP contribution in [0.15, 0.2) is 29.2 Å². The molecule has 0 aromatic heterocycles. The molecule has 2 N–H and O–H groups in total. The van der Waals surface area contributed by atoms with E-state index in [2.05, 4.69) is 0 Å². The number of halogens is 1. The van der Waals surface area contributed by atoms with Gasteiger partial charge in [-0.1, -0.05) is 6.07 Å². The zero-order chi connectivity index (χ0) is 18.9. The monoisotopic (exact) mass is 418 g/mol. The number of carbonyl (C=O) groups is 1. The van der Waals surface area contributed by atoms with E-state index in [4.69, 9.17) is 5.73 Å². The molecule has 0 spiro atoms. The minimum absolute atomic E-state index is 0. The largest absolute Gasteiger partial charge is 0.341 e. The molecule has 2 aliphatic heterocycles. The Morgan fingerprint density at radius 3 is 2.67 bits per heavy atom. The van der Waals surface area contributed by atoms with Gasteiger partial charge in [-0.2, -0.15) is 4.31 Å². The van der Waals surface area contributed by atoms with Crippen LogP contribution in [0.4, 0.5) is 5.69 Å². The summed E-state index contributed by atoms with van der Waals surface area (Å²) >= 11 is 0. The lowest BCUT2D eigenvalue weighted by atomic mass is 10.1. The molecule has 2 heterocycles. The number of benzene rings is 1. The van der Waals surface area contributed by atoms with Gasteiger partial charge in [0.1, 0.15) is 6.04 Å². The van der Waals surface area contributed by atoms with Gasteiger partial charge in [-0.15, -0.1) is 12.4 Å². The van der Waals surface area contributed by atoms with E-state index in [1.54, 1.807) is 4.90 Å². The van der Waals surface area contributed by atoms with Crippen LogP contribution in [0.5, 0.6) is 0 Å². The minimum Gasteiger partial charge on any atom is -0.341 e. The van der Waals surface area contributed by atoms with Crippen molar-refractivity contribution < 1.29 is 18.1 Å². The number of likely N-dealkylation sites (tertiary alicyclic amines) is 1. The summed E-state index contributed by atoms with van der Waals surface area (Å²) in [5.41, 5.74) is 5.37. The first-order valence-corrected chi connectivity index (χ1v) is 10.0. The van der Waals surface area contributed by atoms with Crippen LogP contribution in [0, 0.1) is 16.0 Å². The molecule has 27 heavy (non-hydrogen) atoms. The Morgan fingerprint density at radius 1 is 1.30 bits per heavy atom. The molecule has 2 saturated heterocycles. The summed E-state index contributed by atoms with van der Waals surface area (Å²) < 4.78 is 27.1. The first kappa shape index (κ1) is 21.5. The molecule has 1 aromatic carbocycles. The van der Waals surface area contributed by atoms with Crippen LogP contribution >= 0.6 is 12.4 Å². The number of sulfonamides is 1. The van der Waals surface area contributed by atoms with Crippen molar-refractivity contribution in [2.75, 3.05) is 26.2 Å². The van der Waals surface area contributed by atoms with E-state index in [1.165, 1.54) is 22.5 Å². The minimum atomic E-state index is -3.98. The molecule has 0 bridgehead atoms. The molecule has 2 fully saturated rings. The van der Waals surface area contributed by atoms with E-state index in [9.17, 15) is 23.3 Å². The molecule has 2 unspecified atom stereocenters. The van der Waals surface area contributed by atoms with Crippen molar-refractivity contribution in [3.8, 4) is 0 Å². The van der Waals surface area contributed by atoms with E-state index < -0.39 is 21.0 Å². The average molecular weight is 419 g/mol. The Kier molecular flexibility index (Phi) is 6.79. The summed E-state index contributed by atoms with van der Waals surface area (Å²) in [7, 11) is -3.98. The zero-order valence-electron chi connectivity index (χ0n) is 14.7. The van der Waals surface area contributed by atoms with Gasteiger partial charge in [0.05, 0.1) is 9.82 Å². The van der Waals surface area contributed by atoms with Crippen LogP contribution in [-0.2, 0) is 14.8 Å². The van der Waals surface area contributed by atoms with Crippen molar-refractivity contribution in [1.82, 2.24) is 9.21 Å². The molecule has 1 aromatic rings. The highest BCUT2D eigenvalue weighted by Gasteiger charge is 2.42. The number of nitro groups is 1. The molecule has 11 heteroatoms. The quantitative estimate of drug-likeness (QED) is 0.560. The van der Waals surface area contributed by atoms with Gasteiger partial charge in [0.2, 0.25) is 15.9 Å². The second kappa shape index (κ2) is 8.51. The Morgan fingerprint density at radius 2 is 2.04 bits per heavy atom. The highest BCUT2D eigenvalue weighted by atomic mass is 35.5. The molecular weight excluding hydrogens is 396 g/mol. The van der Waals surface area contributed by atoms with E-state index in [1.807, 2.05) is 0 Å². The standard InChI is InChI=1S/C16H22N4O5S.ClH/c17-10-12-6-8-18(11-12)16(21)15-5-2-7-19(15)26(24,25)14-4-1-3-13(9-14)20(22)23;/h1,3-4,9,12,15H,2,5-8,10-11,17H2;1H. The second-order valence-corrected chi connectivity index (χ2v) is 8.59. The van der Waals surface area contributed by atoms with E-state index in [0.717, 1.165) is 12.5 Å². The molecule has 3 rings (SSSR count). The van der Waals surface area contributed by atoms with Crippen LogP contribution in [0.2, 0.25) is 0 Å². The maximum absolute atomic E-state index is 13.0. The summed E-state index contributed by atoms with van der Waals surface area (Å²) in [5.74, 6) is 0.0506. The Balaban J connectivity index is 0.00000261. The number of carbonyl (C=O) groups excluding carboxylic acids is 1. The fourth-order valence-electron chi connectivity index (χ4n) is 3.60. The lowest BCUT2D eigenvalue weighted by molar-refractivity contribution is -0.385. The number of nitrogens with zero attached hydrogens (tertiary/aromatic N) is 3. The number of nitro benzene ring substituents is 1. The third-order valence-corrected chi connectivity index (χ3v) is 6.96. The van der Waals surface area contributed by atoms with Crippen LogP contribution in [-0.4, -0.2) is 60.7 Å². The third-order valence-electron chi connectivity index (χ3n) is 5.05. The van der Waals surface area contributed by atoms with Crippen molar-refractivity contribution in [3.05, 3.63) is 34.4 Å². The van der Waals surface area contributed by atoms with Gasteiger partial charge in [0.15, 0.2) is 0 Å². The summed E-state index contributed by atoms with van der Waals surface area (Å²) in [4.78, 5) is 24.7. The zero-order valence-corrected chi connectivity index (χ0v) is 16.3. The number of rotatable bonds is 5. The molecule has 0 aliphatic carbocycles. The Bertz CT molecular complexity index is 819. The lowest BCUT2D eigenvalue weighted by Gasteiger charge is -2.27. The smallest absolute Gasteiger partial charge is 0.270 e. The molecule has 0 saturated carbocycles. The van der Waals surface area contributed by atoms with Gasteiger partial charge in [0, 0.05) is 31.8 Å². The average Bonchev–Trinajstić information content (AvgIpc) is 3.30. The Hall–Kier alpha value is -1.75. The fourth-order valence-corrected chi connectivity index (χ4v) is 5.29. The molecule has 2 atom stereocenters. The second-order valence-electron chi connectivity index (χ2n) is 6.70. The van der Waals surface area contributed by atoms with Gasteiger partial charge in [-0.25, -0.2) is 8.42 Å². The van der Waals surface area contributed by atoms with Crippen LogP contribution in [0.25, 0.3) is 0 Å². The summed E-state index contributed by atoms with van der Waals surface area (Å²) in [6, 6.07) is 4.18. The van der Waals surface area contributed by atoms with E-state index >= 15 is 0 Å². The number of nitrogens with two attached hydrogens (primary N) is 1. The SMILES string of the molecule is Cl.NCC1CCN(C(=O)C2CCCN2S(=O)(=O)c2cccc([N+](=O)[O-])c2)C1. The molecule has 150 valence electrons. The molecular formula is C16H23ClN4O5S. The van der Waals surface area contributed by atoms with Gasteiger partial charge < -0.3 is 10.6 Å². The van der Waals surface area contributed by atoms with Crippen LogP contribution in [0.1, 0.15) is 19.3 Å². The summed E-state index contributed by atoms with van der Waals surface area (Å²) in [6.07, 6.45) is 1.86. The van der Waals surface area contributed by atoms with Gasteiger partial charge in [-0.3, -0.25) is 14.9 Å². The van der Waals surface area contributed by atoms with Gasteiger partial charge in [-0.05, 0) is 37.8 Å². The summed E-state index contributed by atoms with van der Waals surface area (Å²) in [5, 5.41) is 10.9. The van der Waals surface area contributed by atoms with Crippen LogP contribution in [0.3, 0.4) is 0 Å². The number of non-ortho nitro benzene ring substituents is 1. The van der Waals surface area contributed by atoms with Crippen LogP contribution < -0.4 is 5.73 Å². The number of amides is 1. The fraction of sp³-hybridized carbons (Fsp3) is 0.562. The van der Waals surface area contributed by atoms with E-state index in [-0.39, 0.29) is 41.4 Å². The predicted octanol–water partition coefficient (Wildman–Crippen LogP) is 0.977. The maximum Gasteiger partial charge on any atom is 0.270 e. The first-order chi connectivity index (χ1) is 12.3. The number of hydrogen-bond donors (Lipinski definition) is 1. The molecule has 2 aliphatic rings. The van der Waals surface area contributed by atoms with Crippen molar-refractivity contribution in [1.29, 1.82) is 0 Å². The van der Waals surface area contributed by atoms with Crippen molar-refractivity contribution in [2.45, 2.75) is 30.2 Å². The first-order valence-electron chi connectivity index (χ1n) is 8.59. The molecule has 0 radical (unpaired) electrons. The van der Waals surface area contributed by atoms with Gasteiger partial charge in [0.25, 0.3) is 5.69 Å². The lowest BCUT2D eigenvalue weighted by Crippen LogP contribution is -2.47. The Labute approximate surface area is 164 Å². The highest BCUT2D eigenvalue weighted by Crippen LogP contribution is 2.30. The highest BCUT2D eigenvalue weighted by molar-refractivity contribution is 7.89. The predicted molar refractivity (Wildman–Crippen MR) is 101 cm³/mol.